The van der Waals surface area contributed by atoms with E-state index >= 15 is 0 Å². The fourth-order valence-corrected chi connectivity index (χ4v) is 3.30. The van der Waals surface area contributed by atoms with E-state index < -0.39 is 0 Å². The van der Waals surface area contributed by atoms with E-state index in [0.29, 0.717) is 22.6 Å². The Labute approximate surface area is 99.1 Å². The number of nitrogens with one attached hydrogen (secondary N) is 1. The van der Waals surface area contributed by atoms with Crippen LogP contribution in [-0.4, -0.2) is 44.4 Å². The van der Waals surface area contributed by atoms with E-state index in [4.69, 9.17) is 12.2 Å². The van der Waals surface area contributed by atoms with Crippen molar-refractivity contribution in [2.24, 2.45) is 5.92 Å². The van der Waals surface area contributed by atoms with Gasteiger partial charge in [-0.2, -0.15) is 5.10 Å². The number of hydrogen-bond donors (Lipinski definition) is 2. The van der Waals surface area contributed by atoms with Crippen LogP contribution in [0.1, 0.15) is 24.7 Å². The van der Waals surface area contributed by atoms with Crippen LogP contribution in [0.25, 0.3) is 0 Å². The van der Waals surface area contributed by atoms with Crippen molar-refractivity contribution in [2.75, 3.05) is 19.6 Å². The molecule has 1 aromatic rings. The van der Waals surface area contributed by atoms with Crippen molar-refractivity contribution in [3.05, 3.63) is 10.6 Å². The summed E-state index contributed by atoms with van der Waals surface area (Å²) in [6.45, 7) is 3.42. The smallest absolute Gasteiger partial charge is 0.195 e. The highest BCUT2D eigenvalue weighted by Crippen LogP contribution is 2.36. The van der Waals surface area contributed by atoms with Gasteiger partial charge in [0, 0.05) is 6.54 Å². The predicted molar refractivity (Wildman–Crippen MR) is 61.5 cm³/mol. The van der Waals surface area contributed by atoms with Crippen LogP contribution in [0.4, 0.5) is 0 Å². The van der Waals surface area contributed by atoms with Gasteiger partial charge in [-0.3, -0.25) is 9.67 Å². The lowest BCUT2D eigenvalue weighted by molar-refractivity contribution is 0.0531. The van der Waals surface area contributed by atoms with Gasteiger partial charge in [0.05, 0.1) is 6.04 Å². The fourth-order valence-electron chi connectivity index (χ4n) is 3.02. The van der Waals surface area contributed by atoms with Crippen LogP contribution in [0.15, 0.2) is 0 Å². The summed E-state index contributed by atoms with van der Waals surface area (Å²) in [5.74, 6) is 1.36. The highest BCUT2D eigenvalue weighted by atomic mass is 32.1. The molecule has 0 saturated carbocycles. The zero-order chi connectivity index (χ0) is 11.1. The SMILES string of the molecule is OCc1n[nH]c(=S)n1C1CN2CCC1CC2. The van der Waals surface area contributed by atoms with Gasteiger partial charge in [0.25, 0.3) is 0 Å². The molecule has 2 bridgehead atoms. The van der Waals surface area contributed by atoms with Crippen LogP contribution >= 0.6 is 12.2 Å². The Hall–Kier alpha value is -0.720. The third-order valence-electron chi connectivity index (χ3n) is 3.87. The first kappa shape index (κ1) is 10.4. The maximum Gasteiger partial charge on any atom is 0.195 e. The van der Waals surface area contributed by atoms with Gasteiger partial charge < -0.3 is 10.0 Å². The van der Waals surface area contributed by atoms with Crippen LogP contribution in [0.3, 0.4) is 0 Å². The molecule has 1 unspecified atom stereocenters. The molecule has 3 saturated heterocycles. The lowest BCUT2D eigenvalue weighted by Crippen LogP contribution is -2.48. The van der Waals surface area contributed by atoms with E-state index in [9.17, 15) is 5.11 Å². The molecular weight excluding hydrogens is 224 g/mol. The molecule has 0 amide bonds. The van der Waals surface area contributed by atoms with Crippen molar-refractivity contribution >= 4 is 12.2 Å². The summed E-state index contributed by atoms with van der Waals surface area (Å²) in [6, 6.07) is 0.399. The average molecular weight is 240 g/mol. The molecule has 0 spiro atoms. The second-order valence-electron chi connectivity index (χ2n) is 4.68. The molecule has 0 radical (unpaired) electrons. The molecule has 0 aromatic carbocycles. The number of aliphatic hydroxyl groups excluding tert-OH is 1. The van der Waals surface area contributed by atoms with Crippen molar-refractivity contribution < 1.29 is 5.11 Å². The molecule has 5 nitrogen and oxygen atoms in total. The van der Waals surface area contributed by atoms with E-state index in [-0.39, 0.29) is 6.61 Å². The van der Waals surface area contributed by atoms with Crippen molar-refractivity contribution in [3.63, 3.8) is 0 Å². The second-order valence-corrected chi connectivity index (χ2v) is 5.07. The number of aliphatic hydroxyl groups is 1. The third kappa shape index (κ3) is 1.52. The van der Waals surface area contributed by atoms with E-state index in [1.807, 2.05) is 4.57 Å². The Morgan fingerprint density at radius 3 is 2.75 bits per heavy atom. The highest BCUT2D eigenvalue weighted by Gasteiger charge is 2.36. The van der Waals surface area contributed by atoms with Gasteiger partial charge in [0.1, 0.15) is 6.61 Å². The summed E-state index contributed by atoms with van der Waals surface area (Å²) in [7, 11) is 0. The van der Waals surface area contributed by atoms with Gasteiger partial charge in [0.15, 0.2) is 10.6 Å². The van der Waals surface area contributed by atoms with E-state index in [1.54, 1.807) is 0 Å². The molecule has 3 aliphatic rings. The first-order chi connectivity index (χ1) is 7.79. The first-order valence-corrected chi connectivity index (χ1v) is 6.19. The normalized spacial score (nSPS) is 33.2. The predicted octanol–water partition coefficient (Wildman–Crippen LogP) is 0.700. The monoisotopic (exact) mass is 240 g/mol. The lowest BCUT2D eigenvalue weighted by atomic mass is 9.84. The van der Waals surface area contributed by atoms with E-state index in [2.05, 4.69) is 15.1 Å². The number of hydrogen-bond acceptors (Lipinski definition) is 4. The van der Waals surface area contributed by atoms with Crippen LogP contribution in [0, 0.1) is 10.7 Å². The summed E-state index contributed by atoms with van der Waals surface area (Å²) in [5.41, 5.74) is 0. The van der Waals surface area contributed by atoms with Crippen molar-refractivity contribution in [1.29, 1.82) is 0 Å². The fraction of sp³-hybridized carbons (Fsp3) is 0.800. The minimum Gasteiger partial charge on any atom is -0.388 e. The standard InChI is InChI=1S/C10H16N4OS/c15-6-9-11-12-10(16)14(9)8-5-13-3-1-7(8)2-4-13/h7-8,15H,1-6H2,(H,12,16). The van der Waals surface area contributed by atoms with Gasteiger partial charge in [0.2, 0.25) is 0 Å². The quantitative estimate of drug-likeness (QED) is 0.747. The van der Waals surface area contributed by atoms with Gasteiger partial charge >= 0.3 is 0 Å². The van der Waals surface area contributed by atoms with Crippen molar-refractivity contribution in [3.8, 4) is 0 Å². The van der Waals surface area contributed by atoms with Crippen molar-refractivity contribution in [2.45, 2.75) is 25.5 Å². The molecule has 2 N–H and O–H groups in total. The molecule has 88 valence electrons. The zero-order valence-corrected chi connectivity index (χ0v) is 9.91. The Morgan fingerprint density at radius 2 is 2.19 bits per heavy atom. The Kier molecular flexibility index (Phi) is 2.57. The number of H-pyrrole nitrogens is 1. The molecule has 1 atom stereocenters. The molecule has 1 aromatic heterocycles. The summed E-state index contributed by atoms with van der Waals surface area (Å²) in [6.07, 6.45) is 2.48. The Morgan fingerprint density at radius 1 is 1.44 bits per heavy atom. The number of fused-ring (bicyclic) bond motifs is 3. The lowest BCUT2D eigenvalue weighted by Gasteiger charge is -2.45. The minimum absolute atomic E-state index is 0.0453. The van der Waals surface area contributed by atoms with Gasteiger partial charge in [-0.1, -0.05) is 0 Å². The molecule has 4 heterocycles. The maximum atomic E-state index is 9.27. The summed E-state index contributed by atoms with van der Waals surface area (Å²) >= 11 is 5.25. The Bertz CT molecular complexity index is 432. The molecule has 0 aliphatic carbocycles. The molecular formula is C10H16N4OS. The molecule has 6 heteroatoms. The van der Waals surface area contributed by atoms with Crippen LogP contribution in [0.5, 0.6) is 0 Å². The number of rotatable bonds is 2. The number of aromatic nitrogens is 3. The third-order valence-corrected chi connectivity index (χ3v) is 4.16. The minimum atomic E-state index is -0.0453. The van der Waals surface area contributed by atoms with E-state index in [1.165, 1.54) is 25.9 Å². The molecule has 3 fully saturated rings. The average Bonchev–Trinajstić information content (AvgIpc) is 2.71. The summed E-state index contributed by atoms with van der Waals surface area (Å²) in [4.78, 5) is 2.47. The highest BCUT2D eigenvalue weighted by molar-refractivity contribution is 7.71. The summed E-state index contributed by atoms with van der Waals surface area (Å²) < 4.78 is 2.66. The second kappa shape index (κ2) is 3.94. The van der Waals surface area contributed by atoms with E-state index in [0.717, 1.165) is 6.54 Å². The first-order valence-electron chi connectivity index (χ1n) is 5.78. The molecule has 4 rings (SSSR count). The van der Waals surface area contributed by atoms with Crippen LogP contribution in [-0.2, 0) is 6.61 Å². The van der Waals surface area contributed by atoms with Gasteiger partial charge in [-0.05, 0) is 44.1 Å². The number of piperidine rings is 3. The van der Waals surface area contributed by atoms with Crippen LogP contribution in [0.2, 0.25) is 0 Å². The number of nitrogens with zero attached hydrogens (tertiary/aromatic N) is 3. The number of aromatic amines is 1. The molecule has 16 heavy (non-hydrogen) atoms. The zero-order valence-electron chi connectivity index (χ0n) is 9.09. The molecule has 3 aliphatic heterocycles. The summed E-state index contributed by atoms with van der Waals surface area (Å²) in [5, 5.41) is 16.1. The largest absolute Gasteiger partial charge is 0.388 e. The van der Waals surface area contributed by atoms with Gasteiger partial charge in [-0.15, -0.1) is 0 Å². The van der Waals surface area contributed by atoms with Crippen molar-refractivity contribution in [1.82, 2.24) is 19.7 Å². The van der Waals surface area contributed by atoms with Gasteiger partial charge in [-0.25, -0.2) is 0 Å². The van der Waals surface area contributed by atoms with Crippen LogP contribution < -0.4 is 0 Å². The Balaban J connectivity index is 1.97. The maximum absolute atomic E-state index is 9.27. The topological polar surface area (TPSA) is 57.1 Å².